The van der Waals surface area contributed by atoms with E-state index in [1.807, 2.05) is 31.2 Å². The number of nitrogens with one attached hydrogen (secondary N) is 1. The number of likely N-dealkylation sites (N-methyl/N-ethyl adjacent to an activating group) is 1. The minimum Gasteiger partial charge on any atom is -0.494 e. The molecule has 0 aliphatic heterocycles. The monoisotopic (exact) mass is 230 g/mol. The van der Waals surface area contributed by atoms with E-state index in [9.17, 15) is 4.79 Å². The average molecular weight is 230 g/mol. The fraction of sp³-hybridized carbons (Fsp3) is 0.231. The molecule has 4 nitrogen and oxygen atoms in total. The Morgan fingerprint density at radius 2 is 2.35 bits per heavy atom. The number of carbonyl (C=O) groups excluding carboxylic acids is 1. The molecule has 0 heterocycles. The van der Waals surface area contributed by atoms with E-state index in [0.717, 1.165) is 11.3 Å². The lowest BCUT2D eigenvalue weighted by Gasteiger charge is -2.03. The first-order chi connectivity index (χ1) is 8.21. The van der Waals surface area contributed by atoms with Crippen LogP contribution in [0.2, 0.25) is 0 Å². The van der Waals surface area contributed by atoms with Gasteiger partial charge in [0, 0.05) is 7.05 Å². The van der Waals surface area contributed by atoms with Crippen molar-refractivity contribution in [2.45, 2.75) is 6.92 Å². The highest BCUT2D eigenvalue weighted by molar-refractivity contribution is 6.01. The Bertz CT molecular complexity index is 473. The van der Waals surface area contributed by atoms with Gasteiger partial charge >= 0.3 is 0 Å². The Morgan fingerprint density at radius 3 is 2.94 bits per heavy atom. The molecule has 1 N–H and O–H groups in total. The molecule has 0 aliphatic carbocycles. The van der Waals surface area contributed by atoms with Gasteiger partial charge in [-0.15, -0.1) is 0 Å². The zero-order chi connectivity index (χ0) is 12.7. The minimum atomic E-state index is -0.394. The number of amides is 1. The SMILES string of the molecule is CCOc1cccc(C=C(C#N)C(=O)NC)c1. The van der Waals surface area contributed by atoms with Crippen LogP contribution in [-0.4, -0.2) is 19.6 Å². The molecule has 0 saturated heterocycles. The summed E-state index contributed by atoms with van der Waals surface area (Å²) in [5.41, 5.74) is 0.831. The Labute approximate surface area is 101 Å². The molecule has 1 aromatic rings. The predicted molar refractivity (Wildman–Crippen MR) is 65.3 cm³/mol. The quantitative estimate of drug-likeness (QED) is 0.633. The van der Waals surface area contributed by atoms with Crippen molar-refractivity contribution in [1.82, 2.24) is 5.32 Å². The normalized spacial score (nSPS) is 10.5. The smallest absolute Gasteiger partial charge is 0.261 e. The standard InChI is InChI=1S/C13H14N2O2/c1-3-17-12-6-4-5-10(8-12)7-11(9-14)13(16)15-2/h4-8H,3H2,1-2H3,(H,15,16). The summed E-state index contributed by atoms with van der Waals surface area (Å²) in [5.74, 6) is 0.324. The molecule has 0 aliphatic rings. The molecule has 0 fully saturated rings. The zero-order valence-corrected chi connectivity index (χ0v) is 9.86. The first-order valence-corrected chi connectivity index (χ1v) is 5.28. The van der Waals surface area contributed by atoms with E-state index in [1.165, 1.54) is 13.1 Å². The van der Waals surface area contributed by atoms with Crippen molar-refractivity contribution in [3.8, 4) is 11.8 Å². The number of nitrogens with zero attached hydrogens (tertiary/aromatic N) is 1. The summed E-state index contributed by atoms with van der Waals surface area (Å²) in [5, 5.41) is 11.3. The summed E-state index contributed by atoms with van der Waals surface area (Å²) in [6.45, 7) is 2.47. The van der Waals surface area contributed by atoms with Gasteiger partial charge in [0.25, 0.3) is 5.91 Å². The predicted octanol–water partition coefficient (Wildman–Crippen LogP) is 1.74. The van der Waals surface area contributed by atoms with Gasteiger partial charge in [0.05, 0.1) is 6.61 Å². The highest BCUT2D eigenvalue weighted by Gasteiger charge is 2.06. The van der Waals surface area contributed by atoms with E-state index in [2.05, 4.69) is 5.32 Å². The summed E-state index contributed by atoms with van der Waals surface area (Å²) < 4.78 is 5.34. The maximum atomic E-state index is 11.3. The number of rotatable bonds is 4. The fourth-order valence-corrected chi connectivity index (χ4v) is 1.31. The third-order valence-corrected chi connectivity index (χ3v) is 2.07. The first kappa shape index (κ1) is 12.8. The lowest BCUT2D eigenvalue weighted by Crippen LogP contribution is -2.19. The van der Waals surface area contributed by atoms with Gasteiger partial charge in [0.15, 0.2) is 0 Å². The number of hydrogen-bond donors (Lipinski definition) is 1. The van der Waals surface area contributed by atoms with E-state index in [-0.39, 0.29) is 5.57 Å². The van der Waals surface area contributed by atoms with Gasteiger partial charge in [-0.2, -0.15) is 5.26 Å². The molecule has 1 amide bonds. The lowest BCUT2D eigenvalue weighted by atomic mass is 10.1. The van der Waals surface area contributed by atoms with Crippen molar-refractivity contribution in [2.24, 2.45) is 0 Å². The van der Waals surface area contributed by atoms with Gasteiger partial charge in [0.1, 0.15) is 17.4 Å². The van der Waals surface area contributed by atoms with Gasteiger partial charge in [0.2, 0.25) is 0 Å². The minimum absolute atomic E-state index is 0.0705. The number of hydrogen-bond acceptors (Lipinski definition) is 3. The summed E-state index contributed by atoms with van der Waals surface area (Å²) in [6, 6.07) is 9.09. The van der Waals surface area contributed by atoms with Crippen molar-refractivity contribution in [3.63, 3.8) is 0 Å². The van der Waals surface area contributed by atoms with Crippen LogP contribution in [0.25, 0.3) is 6.08 Å². The van der Waals surface area contributed by atoms with Crippen molar-refractivity contribution >= 4 is 12.0 Å². The largest absolute Gasteiger partial charge is 0.494 e. The molecule has 0 unspecified atom stereocenters. The zero-order valence-electron chi connectivity index (χ0n) is 9.86. The Hall–Kier alpha value is -2.28. The highest BCUT2D eigenvalue weighted by atomic mass is 16.5. The molecule has 0 spiro atoms. The topological polar surface area (TPSA) is 62.1 Å². The fourth-order valence-electron chi connectivity index (χ4n) is 1.31. The van der Waals surface area contributed by atoms with Crippen LogP contribution < -0.4 is 10.1 Å². The second-order valence-electron chi connectivity index (χ2n) is 3.25. The second-order valence-corrected chi connectivity index (χ2v) is 3.25. The molecule has 0 aromatic heterocycles. The van der Waals surface area contributed by atoms with Gasteiger partial charge in [-0.05, 0) is 30.7 Å². The van der Waals surface area contributed by atoms with E-state index < -0.39 is 5.91 Å². The molecule has 17 heavy (non-hydrogen) atoms. The Balaban J connectivity index is 3.00. The molecule has 0 atom stereocenters. The van der Waals surface area contributed by atoms with E-state index in [0.29, 0.717) is 6.61 Å². The van der Waals surface area contributed by atoms with Crippen LogP contribution in [-0.2, 0) is 4.79 Å². The van der Waals surface area contributed by atoms with Crippen molar-refractivity contribution in [1.29, 1.82) is 5.26 Å². The van der Waals surface area contributed by atoms with E-state index in [4.69, 9.17) is 10.00 Å². The second kappa shape index (κ2) is 6.33. The van der Waals surface area contributed by atoms with Crippen LogP contribution in [0.3, 0.4) is 0 Å². The average Bonchev–Trinajstić information content (AvgIpc) is 2.36. The maximum absolute atomic E-state index is 11.3. The molecule has 0 saturated carbocycles. The molecule has 88 valence electrons. The van der Waals surface area contributed by atoms with Crippen LogP contribution in [0.1, 0.15) is 12.5 Å². The third-order valence-electron chi connectivity index (χ3n) is 2.07. The van der Waals surface area contributed by atoms with Gasteiger partial charge in [-0.1, -0.05) is 12.1 Å². The maximum Gasteiger partial charge on any atom is 0.261 e. The molecular formula is C13H14N2O2. The summed E-state index contributed by atoms with van der Waals surface area (Å²) in [6.07, 6.45) is 1.53. The molecule has 0 radical (unpaired) electrons. The lowest BCUT2D eigenvalue weighted by molar-refractivity contribution is -0.116. The Morgan fingerprint density at radius 1 is 1.59 bits per heavy atom. The molecule has 1 aromatic carbocycles. The number of benzene rings is 1. The van der Waals surface area contributed by atoms with E-state index in [1.54, 1.807) is 6.07 Å². The first-order valence-electron chi connectivity index (χ1n) is 5.28. The molecule has 0 bridgehead atoms. The summed E-state index contributed by atoms with van der Waals surface area (Å²) >= 11 is 0. The molecular weight excluding hydrogens is 216 g/mol. The Kier molecular flexibility index (Phi) is 4.77. The van der Waals surface area contributed by atoms with Gasteiger partial charge in [-0.25, -0.2) is 0 Å². The van der Waals surface area contributed by atoms with Crippen LogP contribution >= 0.6 is 0 Å². The van der Waals surface area contributed by atoms with Crippen molar-refractivity contribution in [3.05, 3.63) is 35.4 Å². The number of carbonyl (C=O) groups is 1. The third kappa shape index (κ3) is 3.65. The summed E-state index contributed by atoms with van der Waals surface area (Å²) in [4.78, 5) is 11.3. The summed E-state index contributed by atoms with van der Waals surface area (Å²) in [7, 11) is 1.49. The molecule has 1 rings (SSSR count). The van der Waals surface area contributed by atoms with Crippen LogP contribution in [0.15, 0.2) is 29.8 Å². The van der Waals surface area contributed by atoms with Gasteiger partial charge in [-0.3, -0.25) is 4.79 Å². The van der Waals surface area contributed by atoms with E-state index >= 15 is 0 Å². The van der Waals surface area contributed by atoms with Crippen LogP contribution in [0, 0.1) is 11.3 Å². The van der Waals surface area contributed by atoms with Crippen molar-refractivity contribution < 1.29 is 9.53 Å². The highest BCUT2D eigenvalue weighted by Crippen LogP contribution is 2.15. The number of ether oxygens (including phenoxy) is 1. The van der Waals surface area contributed by atoms with Crippen LogP contribution in [0.4, 0.5) is 0 Å². The number of nitriles is 1. The van der Waals surface area contributed by atoms with Gasteiger partial charge < -0.3 is 10.1 Å². The van der Waals surface area contributed by atoms with Crippen LogP contribution in [0.5, 0.6) is 5.75 Å². The van der Waals surface area contributed by atoms with Crippen molar-refractivity contribution in [2.75, 3.05) is 13.7 Å². The molecule has 4 heteroatoms.